The van der Waals surface area contributed by atoms with Crippen molar-refractivity contribution in [3.05, 3.63) is 58.9 Å². The van der Waals surface area contributed by atoms with Gasteiger partial charge in [0.1, 0.15) is 5.82 Å². The Morgan fingerprint density at radius 3 is 2.52 bits per heavy atom. The number of anilines is 1. The minimum Gasteiger partial charge on any atom is -0.403 e. The van der Waals surface area contributed by atoms with Crippen molar-refractivity contribution in [2.24, 2.45) is 0 Å². The lowest BCUT2D eigenvalue weighted by Gasteiger charge is -2.04. The monoisotopic (exact) mass is 409 g/mol. The molecule has 0 fully saturated rings. The molecule has 0 aliphatic carbocycles. The molecule has 0 unspecified atom stereocenters. The van der Waals surface area contributed by atoms with Gasteiger partial charge in [0.25, 0.3) is 5.91 Å². The Labute approximate surface area is 159 Å². The molecule has 1 heterocycles. The summed E-state index contributed by atoms with van der Waals surface area (Å²) in [6.45, 7) is 1.55. The first-order valence-electron chi connectivity index (χ1n) is 7.74. The summed E-state index contributed by atoms with van der Waals surface area (Å²) >= 11 is 5.84. The number of sulfone groups is 1. The van der Waals surface area contributed by atoms with Crippen LogP contribution in [-0.2, 0) is 9.84 Å². The van der Waals surface area contributed by atoms with Gasteiger partial charge >= 0.3 is 6.01 Å². The molecule has 27 heavy (non-hydrogen) atoms. The van der Waals surface area contributed by atoms with Crippen molar-refractivity contribution in [3.63, 3.8) is 0 Å². The summed E-state index contributed by atoms with van der Waals surface area (Å²) in [6.07, 6.45) is 0. The predicted molar refractivity (Wildman–Crippen MR) is 96.8 cm³/mol. The van der Waals surface area contributed by atoms with Gasteiger partial charge in [0.15, 0.2) is 9.84 Å². The molecule has 3 rings (SSSR count). The Kier molecular flexibility index (Phi) is 5.24. The lowest BCUT2D eigenvalue weighted by atomic mass is 10.2. The molecule has 140 valence electrons. The van der Waals surface area contributed by atoms with Crippen LogP contribution in [-0.4, -0.2) is 30.3 Å². The van der Waals surface area contributed by atoms with Crippen molar-refractivity contribution < 1.29 is 22.0 Å². The molecule has 2 aromatic carbocycles. The lowest BCUT2D eigenvalue weighted by molar-refractivity contribution is 0.102. The highest BCUT2D eigenvalue weighted by Gasteiger charge is 2.19. The Morgan fingerprint density at radius 1 is 1.19 bits per heavy atom. The van der Waals surface area contributed by atoms with Crippen LogP contribution in [0.15, 0.2) is 51.8 Å². The van der Waals surface area contributed by atoms with E-state index in [9.17, 15) is 17.6 Å². The predicted octanol–water partition coefficient (Wildman–Crippen LogP) is 3.58. The fourth-order valence-electron chi connectivity index (χ4n) is 2.24. The second kappa shape index (κ2) is 7.45. The maximum Gasteiger partial charge on any atom is 0.322 e. The first-order chi connectivity index (χ1) is 12.8. The number of amides is 1. The summed E-state index contributed by atoms with van der Waals surface area (Å²) in [5.41, 5.74) is 0.120. The summed E-state index contributed by atoms with van der Waals surface area (Å²) in [4.78, 5) is 12.3. The highest BCUT2D eigenvalue weighted by molar-refractivity contribution is 7.91. The zero-order valence-electron chi connectivity index (χ0n) is 13.9. The first-order valence-corrected chi connectivity index (χ1v) is 9.77. The number of benzene rings is 2. The molecule has 0 radical (unpaired) electrons. The van der Waals surface area contributed by atoms with Gasteiger partial charge in [-0.05, 0) is 36.4 Å². The third-order valence-electron chi connectivity index (χ3n) is 3.68. The van der Waals surface area contributed by atoms with Crippen molar-refractivity contribution in [1.82, 2.24) is 10.2 Å². The van der Waals surface area contributed by atoms with Gasteiger partial charge in [0, 0.05) is 5.56 Å². The van der Waals surface area contributed by atoms with Crippen LogP contribution in [0.2, 0.25) is 5.02 Å². The van der Waals surface area contributed by atoms with Crippen LogP contribution < -0.4 is 5.32 Å². The summed E-state index contributed by atoms with van der Waals surface area (Å²) in [6, 6.07) is 9.48. The van der Waals surface area contributed by atoms with E-state index in [1.54, 1.807) is 6.92 Å². The van der Waals surface area contributed by atoms with Gasteiger partial charge in [-0.15, -0.1) is 5.10 Å². The van der Waals surface area contributed by atoms with E-state index in [1.165, 1.54) is 36.4 Å². The molecule has 0 saturated carbocycles. The SMILES string of the molecule is CCS(=O)(=O)c1ccc(-c2nnc(NC(=O)c3c(F)cccc3Cl)o2)cc1. The molecular formula is C17H13ClFN3O4S. The van der Waals surface area contributed by atoms with Gasteiger partial charge in [0.05, 0.1) is 21.2 Å². The van der Waals surface area contributed by atoms with Gasteiger partial charge in [-0.1, -0.05) is 29.7 Å². The number of carbonyl (C=O) groups excluding carboxylic acids is 1. The molecule has 1 amide bonds. The van der Waals surface area contributed by atoms with Crippen LogP contribution >= 0.6 is 11.6 Å². The van der Waals surface area contributed by atoms with Crippen LogP contribution in [0.3, 0.4) is 0 Å². The maximum absolute atomic E-state index is 13.8. The fourth-order valence-corrected chi connectivity index (χ4v) is 3.37. The molecule has 0 aliphatic heterocycles. The topological polar surface area (TPSA) is 102 Å². The Hall–Kier alpha value is -2.78. The molecule has 0 bridgehead atoms. The third kappa shape index (κ3) is 3.99. The lowest BCUT2D eigenvalue weighted by Crippen LogP contribution is -2.14. The summed E-state index contributed by atoms with van der Waals surface area (Å²) in [5.74, 6) is -1.57. The molecule has 3 aromatic rings. The van der Waals surface area contributed by atoms with E-state index in [4.69, 9.17) is 16.0 Å². The molecule has 0 aliphatic rings. The van der Waals surface area contributed by atoms with E-state index in [1.807, 2.05) is 0 Å². The zero-order chi connectivity index (χ0) is 19.6. The molecule has 0 spiro atoms. The molecule has 1 N–H and O–H groups in total. The highest BCUT2D eigenvalue weighted by atomic mass is 35.5. The summed E-state index contributed by atoms with van der Waals surface area (Å²) in [7, 11) is -3.32. The van der Waals surface area contributed by atoms with Gasteiger partial charge in [-0.2, -0.15) is 0 Å². The molecular weight excluding hydrogens is 397 g/mol. The zero-order valence-corrected chi connectivity index (χ0v) is 15.5. The number of carbonyl (C=O) groups is 1. The van der Waals surface area contributed by atoms with Crippen LogP contribution in [0.4, 0.5) is 10.4 Å². The van der Waals surface area contributed by atoms with Crippen molar-refractivity contribution in [2.75, 3.05) is 11.1 Å². The summed E-state index contributed by atoms with van der Waals surface area (Å²) in [5, 5.41) is 9.67. The number of rotatable bonds is 5. The quantitative estimate of drug-likeness (QED) is 0.691. The number of nitrogens with one attached hydrogen (secondary N) is 1. The van der Waals surface area contributed by atoms with E-state index in [2.05, 4.69) is 15.5 Å². The minimum atomic E-state index is -3.32. The van der Waals surface area contributed by atoms with Crippen LogP contribution in [0, 0.1) is 5.82 Å². The van der Waals surface area contributed by atoms with E-state index in [0.29, 0.717) is 5.56 Å². The van der Waals surface area contributed by atoms with Crippen LogP contribution in [0.25, 0.3) is 11.5 Å². The van der Waals surface area contributed by atoms with Gasteiger partial charge in [-0.3, -0.25) is 10.1 Å². The molecule has 0 saturated heterocycles. The van der Waals surface area contributed by atoms with Gasteiger partial charge < -0.3 is 4.42 Å². The average molecular weight is 410 g/mol. The third-order valence-corrected chi connectivity index (χ3v) is 5.74. The van der Waals surface area contributed by atoms with E-state index in [-0.39, 0.29) is 33.1 Å². The Bertz CT molecular complexity index is 1080. The van der Waals surface area contributed by atoms with E-state index in [0.717, 1.165) is 6.07 Å². The number of aromatic nitrogens is 2. The van der Waals surface area contributed by atoms with Crippen molar-refractivity contribution >= 4 is 33.4 Å². The number of halogens is 2. The Morgan fingerprint density at radius 2 is 1.89 bits per heavy atom. The van der Waals surface area contributed by atoms with Gasteiger partial charge in [0.2, 0.25) is 5.89 Å². The Balaban J connectivity index is 1.80. The fraction of sp³-hybridized carbons (Fsp3) is 0.118. The number of hydrogen-bond donors (Lipinski definition) is 1. The van der Waals surface area contributed by atoms with E-state index >= 15 is 0 Å². The second-order valence-electron chi connectivity index (χ2n) is 5.39. The van der Waals surface area contributed by atoms with Crippen molar-refractivity contribution in [3.8, 4) is 11.5 Å². The molecule has 0 atom stereocenters. The van der Waals surface area contributed by atoms with Crippen molar-refractivity contribution in [2.45, 2.75) is 11.8 Å². The number of hydrogen-bond acceptors (Lipinski definition) is 6. The molecule has 7 nitrogen and oxygen atoms in total. The minimum absolute atomic E-state index is 0.0122. The van der Waals surface area contributed by atoms with Gasteiger partial charge in [-0.25, -0.2) is 12.8 Å². The summed E-state index contributed by atoms with van der Waals surface area (Å²) < 4.78 is 42.7. The average Bonchev–Trinajstić information content (AvgIpc) is 3.10. The smallest absolute Gasteiger partial charge is 0.322 e. The second-order valence-corrected chi connectivity index (χ2v) is 8.08. The largest absolute Gasteiger partial charge is 0.403 e. The van der Waals surface area contributed by atoms with Crippen LogP contribution in [0.1, 0.15) is 17.3 Å². The highest BCUT2D eigenvalue weighted by Crippen LogP contribution is 2.24. The standard InChI is InChI=1S/C17H13ClFN3O4S/c1-2-27(24,25)11-8-6-10(7-9-11)16-21-22-17(26-16)20-15(23)14-12(18)4-3-5-13(14)19/h3-9H,2H2,1H3,(H,20,22,23). The molecule has 1 aromatic heterocycles. The molecule has 10 heteroatoms. The first kappa shape index (κ1) is 19.0. The number of nitrogens with zero attached hydrogens (tertiary/aromatic N) is 2. The van der Waals surface area contributed by atoms with Crippen LogP contribution in [0.5, 0.6) is 0 Å². The maximum atomic E-state index is 13.8. The normalized spacial score (nSPS) is 11.4. The van der Waals surface area contributed by atoms with E-state index < -0.39 is 21.6 Å². The van der Waals surface area contributed by atoms with Crippen molar-refractivity contribution in [1.29, 1.82) is 0 Å².